The summed E-state index contributed by atoms with van der Waals surface area (Å²) in [6.45, 7) is 1.96. The van der Waals surface area contributed by atoms with Gasteiger partial charge in [-0.1, -0.05) is 37.8 Å². The number of aryl methyl sites for hydroxylation is 1. The van der Waals surface area contributed by atoms with Gasteiger partial charge in [-0.25, -0.2) is 4.98 Å². The standard InChI is InChI=1S/C8H8N2.C8H15N/c1-6-9-7-4-2-3-5-8(7)10-6;9-7-2-1-4-8-5-3-6-8/h2-5H,1H3,(H,9,10);7-9H,1-6H2. The summed E-state index contributed by atoms with van der Waals surface area (Å²) in [4.78, 5) is 7.40. The second-order valence-electron chi connectivity index (χ2n) is 5.27. The van der Waals surface area contributed by atoms with Crippen LogP contribution in [0, 0.1) is 18.3 Å². The Kier molecular flexibility index (Phi) is 5.13. The van der Waals surface area contributed by atoms with Crippen molar-refractivity contribution in [3.63, 3.8) is 0 Å². The first-order chi connectivity index (χ1) is 9.29. The van der Waals surface area contributed by atoms with Crippen molar-refractivity contribution in [1.29, 1.82) is 5.41 Å². The number of hydrogen-bond acceptors (Lipinski definition) is 2. The number of aromatic amines is 1. The topological polar surface area (TPSA) is 52.5 Å². The summed E-state index contributed by atoms with van der Waals surface area (Å²) in [6.07, 6.45) is 9.50. The molecule has 1 aliphatic carbocycles. The van der Waals surface area contributed by atoms with Crippen molar-refractivity contribution in [2.75, 3.05) is 0 Å². The van der Waals surface area contributed by atoms with E-state index in [1.165, 1.54) is 38.3 Å². The lowest BCUT2D eigenvalue weighted by molar-refractivity contribution is 0.292. The molecule has 0 radical (unpaired) electrons. The predicted octanol–water partition coefficient (Wildman–Crippen LogP) is 4.48. The molecule has 3 nitrogen and oxygen atoms in total. The lowest BCUT2D eigenvalue weighted by Crippen LogP contribution is -2.10. The third-order valence-corrected chi connectivity index (χ3v) is 3.69. The van der Waals surface area contributed by atoms with Gasteiger partial charge in [-0.15, -0.1) is 0 Å². The number of benzene rings is 1. The van der Waals surface area contributed by atoms with Crippen molar-refractivity contribution < 1.29 is 0 Å². The Morgan fingerprint density at radius 1 is 1.37 bits per heavy atom. The van der Waals surface area contributed by atoms with E-state index >= 15 is 0 Å². The molecular formula is C16H23N3. The summed E-state index contributed by atoms with van der Waals surface area (Å²) in [6, 6.07) is 8.01. The molecule has 19 heavy (non-hydrogen) atoms. The number of aromatic nitrogens is 2. The van der Waals surface area contributed by atoms with Crippen molar-refractivity contribution in [3.8, 4) is 0 Å². The minimum absolute atomic E-state index is 0.973. The predicted molar refractivity (Wildman–Crippen MR) is 80.8 cm³/mol. The first-order valence-corrected chi connectivity index (χ1v) is 7.20. The molecule has 0 bridgehead atoms. The number of imidazole rings is 1. The van der Waals surface area contributed by atoms with E-state index in [-0.39, 0.29) is 0 Å². The van der Waals surface area contributed by atoms with Gasteiger partial charge in [-0.2, -0.15) is 0 Å². The van der Waals surface area contributed by atoms with Crippen LogP contribution < -0.4 is 0 Å². The maximum atomic E-state index is 6.80. The molecule has 0 spiro atoms. The molecule has 0 unspecified atom stereocenters. The van der Waals surface area contributed by atoms with Gasteiger partial charge in [-0.3, -0.25) is 0 Å². The molecule has 1 aliphatic rings. The van der Waals surface area contributed by atoms with Crippen LogP contribution >= 0.6 is 0 Å². The maximum Gasteiger partial charge on any atom is 0.104 e. The Morgan fingerprint density at radius 2 is 2.16 bits per heavy atom. The zero-order valence-corrected chi connectivity index (χ0v) is 11.7. The quantitative estimate of drug-likeness (QED) is 0.616. The van der Waals surface area contributed by atoms with E-state index in [9.17, 15) is 0 Å². The first-order valence-electron chi connectivity index (χ1n) is 7.20. The lowest BCUT2D eigenvalue weighted by atomic mass is 9.82. The number of nitrogens with one attached hydrogen (secondary N) is 2. The largest absolute Gasteiger partial charge is 0.342 e. The highest BCUT2D eigenvalue weighted by Crippen LogP contribution is 2.30. The molecule has 1 aromatic carbocycles. The summed E-state index contributed by atoms with van der Waals surface area (Å²) in [7, 11) is 0. The van der Waals surface area contributed by atoms with Crippen LogP contribution in [0.15, 0.2) is 24.3 Å². The summed E-state index contributed by atoms with van der Waals surface area (Å²) in [5.74, 6) is 2.01. The minimum Gasteiger partial charge on any atom is -0.342 e. The smallest absolute Gasteiger partial charge is 0.104 e. The van der Waals surface area contributed by atoms with Crippen LogP contribution in [0.4, 0.5) is 0 Å². The fraction of sp³-hybridized carbons (Fsp3) is 0.500. The number of para-hydroxylation sites is 2. The number of unbranched alkanes of at least 4 members (excludes halogenated alkanes) is 1. The highest BCUT2D eigenvalue weighted by molar-refractivity contribution is 5.74. The second kappa shape index (κ2) is 7.07. The van der Waals surface area contributed by atoms with Gasteiger partial charge in [0.1, 0.15) is 5.82 Å². The zero-order chi connectivity index (χ0) is 13.5. The van der Waals surface area contributed by atoms with E-state index in [0.717, 1.165) is 29.2 Å². The van der Waals surface area contributed by atoms with Crippen molar-refractivity contribution in [2.45, 2.75) is 45.4 Å². The molecule has 3 rings (SSSR count). The fourth-order valence-electron chi connectivity index (χ4n) is 2.37. The van der Waals surface area contributed by atoms with Gasteiger partial charge in [0.15, 0.2) is 0 Å². The van der Waals surface area contributed by atoms with E-state index in [0.29, 0.717) is 0 Å². The number of fused-ring (bicyclic) bond motifs is 1. The summed E-state index contributed by atoms with van der Waals surface area (Å²) in [5, 5.41) is 6.80. The Labute approximate surface area is 115 Å². The number of rotatable bonds is 4. The van der Waals surface area contributed by atoms with E-state index in [1.54, 1.807) is 0 Å². The highest BCUT2D eigenvalue weighted by Gasteiger charge is 2.15. The minimum atomic E-state index is 0.973. The number of hydrogen-bond donors (Lipinski definition) is 2. The monoisotopic (exact) mass is 257 g/mol. The van der Waals surface area contributed by atoms with Crippen LogP contribution in [0.5, 0.6) is 0 Å². The van der Waals surface area contributed by atoms with Crippen molar-refractivity contribution >= 4 is 17.2 Å². The van der Waals surface area contributed by atoms with Crippen molar-refractivity contribution in [2.24, 2.45) is 5.92 Å². The van der Waals surface area contributed by atoms with Crippen molar-refractivity contribution in [3.05, 3.63) is 30.1 Å². The number of H-pyrrole nitrogens is 1. The maximum absolute atomic E-state index is 6.80. The molecule has 1 heterocycles. The molecule has 0 saturated heterocycles. The highest BCUT2D eigenvalue weighted by atomic mass is 14.9. The second-order valence-corrected chi connectivity index (χ2v) is 5.27. The zero-order valence-electron chi connectivity index (χ0n) is 11.7. The molecule has 2 N–H and O–H groups in total. The van der Waals surface area contributed by atoms with Crippen LogP contribution in [0.2, 0.25) is 0 Å². The third kappa shape index (κ3) is 4.19. The summed E-state index contributed by atoms with van der Waals surface area (Å²) in [5.41, 5.74) is 2.15. The Morgan fingerprint density at radius 3 is 2.79 bits per heavy atom. The van der Waals surface area contributed by atoms with Crippen LogP contribution in [0.25, 0.3) is 11.0 Å². The Balaban J connectivity index is 0.000000141. The van der Waals surface area contributed by atoms with E-state index in [2.05, 4.69) is 9.97 Å². The van der Waals surface area contributed by atoms with Gasteiger partial charge < -0.3 is 10.4 Å². The first kappa shape index (κ1) is 13.8. The molecule has 1 fully saturated rings. The molecule has 0 aliphatic heterocycles. The molecular weight excluding hydrogens is 234 g/mol. The summed E-state index contributed by atoms with van der Waals surface area (Å²) < 4.78 is 0. The number of nitrogens with zero attached hydrogens (tertiary/aromatic N) is 1. The summed E-state index contributed by atoms with van der Waals surface area (Å²) >= 11 is 0. The Hall–Kier alpha value is -1.64. The van der Waals surface area contributed by atoms with Crippen LogP contribution in [0.1, 0.15) is 44.3 Å². The van der Waals surface area contributed by atoms with Gasteiger partial charge in [0.05, 0.1) is 11.0 Å². The van der Waals surface area contributed by atoms with Crippen molar-refractivity contribution in [1.82, 2.24) is 9.97 Å². The molecule has 0 amide bonds. The van der Waals surface area contributed by atoms with Crippen LogP contribution in [0.3, 0.4) is 0 Å². The SMILES string of the molecule is Cc1nc2ccccc2[nH]1.N=CCCCC1CCC1. The molecule has 2 aromatic rings. The van der Waals surface area contributed by atoms with Gasteiger partial charge in [0.2, 0.25) is 0 Å². The molecule has 0 atom stereocenters. The fourth-order valence-corrected chi connectivity index (χ4v) is 2.37. The third-order valence-electron chi connectivity index (χ3n) is 3.69. The molecule has 1 aromatic heterocycles. The Bertz CT molecular complexity index is 478. The van der Waals surface area contributed by atoms with E-state index < -0.39 is 0 Å². The van der Waals surface area contributed by atoms with Gasteiger partial charge in [0, 0.05) is 0 Å². The average molecular weight is 257 g/mol. The van der Waals surface area contributed by atoms with E-state index in [1.807, 2.05) is 31.2 Å². The molecule has 3 heteroatoms. The molecule has 102 valence electrons. The van der Waals surface area contributed by atoms with Crippen LogP contribution in [-0.4, -0.2) is 16.2 Å². The van der Waals surface area contributed by atoms with Gasteiger partial charge in [0.25, 0.3) is 0 Å². The van der Waals surface area contributed by atoms with E-state index in [4.69, 9.17) is 5.41 Å². The lowest BCUT2D eigenvalue weighted by Gasteiger charge is -2.24. The van der Waals surface area contributed by atoms with Gasteiger partial charge >= 0.3 is 0 Å². The van der Waals surface area contributed by atoms with Crippen LogP contribution in [-0.2, 0) is 0 Å². The average Bonchev–Trinajstić information content (AvgIpc) is 2.73. The normalized spacial score (nSPS) is 14.6. The van der Waals surface area contributed by atoms with Gasteiger partial charge in [-0.05, 0) is 44.0 Å². The molecule has 1 saturated carbocycles.